The number of nitrogens with one attached hydrogen (secondary N) is 1. The van der Waals surface area contributed by atoms with E-state index in [1.165, 1.54) is 28.9 Å². The van der Waals surface area contributed by atoms with Crippen molar-refractivity contribution in [3.63, 3.8) is 0 Å². The monoisotopic (exact) mass is 467 g/mol. The maximum atomic E-state index is 14.0. The number of hydrogen-bond donors (Lipinski definition) is 2. The first-order valence-electron chi connectivity index (χ1n) is 8.74. The smallest absolute Gasteiger partial charge is 0.272 e. The SMILES string of the molecule is NS(=O)(=O)c1ccc(F)c(Cl)c1-c1ccc2c(c1)c(=O)[nH]n2Cc1ccc(F)c(F)c1. The zero-order valence-corrected chi connectivity index (χ0v) is 17.1. The van der Waals surface area contributed by atoms with Crippen LogP contribution in [0.3, 0.4) is 0 Å². The zero-order chi connectivity index (χ0) is 22.5. The molecule has 3 N–H and O–H groups in total. The summed E-state index contributed by atoms with van der Waals surface area (Å²) in [5, 5.41) is 7.51. The van der Waals surface area contributed by atoms with E-state index in [0.29, 0.717) is 11.1 Å². The second-order valence-corrected chi connectivity index (χ2v) is 8.69. The van der Waals surface area contributed by atoms with Gasteiger partial charge in [0.2, 0.25) is 10.0 Å². The van der Waals surface area contributed by atoms with Gasteiger partial charge in [-0.1, -0.05) is 23.7 Å². The summed E-state index contributed by atoms with van der Waals surface area (Å²) in [4.78, 5) is 12.1. The molecule has 0 spiro atoms. The first-order valence-corrected chi connectivity index (χ1v) is 10.7. The molecule has 4 rings (SSSR count). The lowest BCUT2D eigenvalue weighted by Crippen LogP contribution is -2.14. The fourth-order valence-corrected chi connectivity index (χ4v) is 4.43. The van der Waals surface area contributed by atoms with Gasteiger partial charge in [0.15, 0.2) is 11.6 Å². The highest BCUT2D eigenvalue weighted by Crippen LogP contribution is 2.36. The zero-order valence-electron chi connectivity index (χ0n) is 15.5. The second kappa shape index (κ2) is 7.56. The van der Waals surface area contributed by atoms with Gasteiger partial charge in [-0.05, 0) is 47.5 Å². The average Bonchev–Trinajstić information content (AvgIpc) is 3.00. The first-order chi connectivity index (χ1) is 14.6. The van der Waals surface area contributed by atoms with Crippen LogP contribution in [-0.4, -0.2) is 18.2 Å². The van der Waals surface area contributed by atoms with Crippen LogP contribution in [0.1, 0.15) is 5.56 Å². The molecule has 0 radical (unpaired) electrons. The van der Waals surface area contributed by atoms with Gasteiger partial charge in [0, 0.05) is 5.56 Å². The lowest BCUT2D eigenvalue weighted by Gasteiger charge is -2.11. The molecule has 0 amide bonds. The van der Waals surface area contributed by atoms with Crippen molar-refractivity contribution in [3.8, 4) is 11.1 Å². The predicted octanol–water partition coefficient (Wildman–Crippen LogP) is 3.76. The lowest BCUT2D eigenvalue weighted by atomic mass is 10.0. The third kappa shape index (κ3) is 3.85. The van der Waals surface area contributed by atoms with Crippen molar-refractivity contribution in [2.24, 2.45) is 5.14 Å². The predicted molar refractivity (Wildman–Crippen MR) is 110 cm³/mol. The van der Waals surface area contributed by atoms with Crippen LogP contribution in [-0.2, 0) is 16.6 Å². The number of rotatable bonds is 4. The Balaban J connectivity index is 1.86. The molecule has 11 heteroatoms. The van der Waals surface area contributed by atoms with Crippen molar-refractivity contribution in [1.82, 2.24) is 9.78 Å². The van der Waals surface area contributed by atoms with Gasteiger partial charge in [-0.2, -0.15) is 0 Å². The molecule has 0 aliphatic heterocycles. The molecule has 4 aromatic rings. The van der Waals surface area contributed by atoms with Crippen molar-refractivity contribution < 1.29 is 21.6 Å². The normalized spacial score (nSPS) is 11.9. The van der Waals surface area contributed by atoms with Gasteiger partial charge in [-0.25, -0.2) is 26.7 Å². The molecule has 0 aliphatic rings. The highest BCUT2D eigenvalue weighted by molar-refractivity contribution is 7.89. The summed E-state index contributed by atoms with van der Waals surface area (Å²) in [6.45, 7) is 0.0401. The van der Waals surface area contributed by atoms with Crippen molar-refractivity contribution in [2.75, 3.05) is 0 Å². The fraction of sp³-hybridized carbons (Fsp3) is 0.0500. The summed E-state index contributed by atoms with van der Waals surface area (Å²) in [7, 11) is -4.24. The summed E-state index contributed by atoms with van der Waals surface area (Å²) in [6.07, 6.45) is 0. The average molecular weight is 468 g/mol. The number of aromatic amines is 1. The quantitative estimate of drug-likeness (QED) is 0.478. The van der Waals surface area contributed by atoms with Crippen LogP contribution in [0, 0.1) is 17.5 Å². The lowest BCUT2D eigenvalue weighted by molar-refractivity contribution is 0.506. The number of halogens is 4. The molecule has 0 saturated heterocycles. The Morgan fingerprint density at radius 3 is 2.35 bits per heavy atom. The van der Waals surface area contributed by atoms with Crippen molar-refractivity contribution in [3.05, 3.63) is 86.9 Å². The number of H-pyrrole nitrogens is 1. The Bertz CT molecular complexity index is 1510. The number of sulfonamides is 1. The Hall–Kier alpha value is -3.08. The molecule has 0 bridgehead atoms. The number of primary sulfonamides is 1. The maximum Gasteiger partial charge on any atom is 0.272 e. The standard InChI is InChI=1S/C20H13ClF3N3O3S/c21-19-14(23)4-6-17(31(25,29)30)18(19)11-2-5-16-12(8-11)20(28)26-27(16)9-10-1-3-13(22)15(24)7-10/h1-8H,9H2,(H,26,28)(H2,25,29,30). The van der Waals surface area contributed by atoms with E-state index in [1.807, 2.05) is 0 Å². The summed E-state index contributed by atoms with van der Waals surface area (Å²) in [5.74, 6) is -2.86. The van der Waals surface area contributed by atoms with Crippen LogP contribution in [0.2, 0.25) is 5.02 Å². The fourth-order valence-electron chi connectivity index (χ4n) is 3.34. The van der Waals surface area contributed by atoms with Gasteiger partial charge in [0.05, 0.1) is 27.4 Å². The maximum absolute atomic E-state index is 14.0. The van der Waals surface area contributed by atoms with Crippen LogP contribution in [0.15, 0.2) is 58.2 Å². The van der Waals surface area contributed by atoms with Crippen LogP contribution in [0.25, 0.3) is 22.0 Å². The minimum atomic E-state index is -4.24. The molecule has 6 nitrogen and oxygen atoms in total. The Morgan fingerprint density at radius 2 is 1.68 bits per heavy atom. The van der Waals surface area contributed by atoms with Gasteiger partial charge in [0.1, 0.15) is 5.82 Å². The molecule has 0 fully saturated rings. The van der Waals surface area contributed by atoms with Crippen molar-refractivity contribution in [2.45, 2.75) is 11.4 Å². The Labute approximate surface area is 178 Å². The minimum Gasteiger partial charge on any atom is -0.280 e. The molecule has 0 atom stereocenters. The molecule has 3 aromatic carbocycles. The van der Waals surface area contributed by atoms with Crippen LogP contribution in [0.5, 0.6) is 0 Å². The summed E-state index contributed by atoms with van der Waals surface area (Å²) < 4.78 is 66.0. The van der Waals surface area contributed by atoms with E-state index >= 15 is 0 Å². The van der Waals surface area contributed by atoms with Gasteiger partial charge >= 0.3 is 0 Å². The number of benzene rings is 3. The first kappa shape index (κ1) is 21.2. The van der Waals surface area contributed by atoms with Gasteiger partial charge in [-0.15, -0.1) is 0 Å². The molecule has 31 heavy (non-hydrogen) atoms. The van der Waals surface area contributed by atoms with Gasteiger partial charge in [0.25, 0.3) is 5.56 Å². The van der Waals surface area contributed by atoms with E-state index < -0.39 is 43.0 Å². The number of hydrogen-bond acceptors (Lipinski definition) is 3. The van der Waals surface area contributed by atoms with E-state index in [4.69, 9.17) is 16.7 Å². The number of fused-ring (bicyclic) bond motifs is 1. The molecule has 1 heterocycles. The highest BCUT2D eigenvalue weighted by atomic mass is 35.5. The molecule has 1 aromatic heterocycles. The number of aromatic nitrogens is 2. The summed E-state index contributed by atoms with van der Waals surface area (Å²) >= 11 is 6.02. The van der Waals surface area contributed by atoms with E-state index in [0.717, 1.165) is 24.3 Å². The van der Waals surface area contributed by atoms with E-state index in [9.17, 15) is 26.4 Å². The summed E-state index contributed by atoms with van der Waals surface area (Å²) in [5.41, 5.74) is 0.281. The minimum absolute atomic E-state index is 0.0401. The van der Waals surface area contributed by atoms with Crippen LogP contribution >= 0.6 is 11.6 Å². The molecular formula is C20H13ClF3N3O3S. The van der Waals surface area contributed by atoms with Crippen LogP contribution in [0.4, 0.5) is 13.2 Å². The number of nitrogens with two attached hydrogens (primary N) is 1. The molecule has 160 valence electrons. The third-order valence-corrected chi connectivity index (χ3v) is 6.07. The van der Waals surface area contributed by atoms with Gasteiger partial charge in [-0.3, -0.25) is 14.6 Å². The van der Waals surface area contributed by atoms with Crippen molar-refractivity contribution in [1.29, 1.82) is 0 Å². The molecular weight excluding hydrogens is 455 g/mol. The van der Waals surface area contributed by atoms with Crippen LogP contribution < -0.4 is 10.7 Å². The highest BCUT2D eigenvalue weighted by Gasteiger charge is 2.22. The van der Waals surface area contributed by atoms with E-state index in [-0.39, 0.29) is 23.1 Å². The number of nitrogens with zero attached hydrogens (tertiary/aromatic N) is 1. The topological polar surface area (TPSA) is 98.0 Å². The molecule has 0 saturated carbocycles. The third-order valence-electron chi connectivity index (χ3n) is 4.74. The van der Waals surface area contributed by atoms with Gasteiger partial charge < -0.3 is 0 Å². The Morgan fingerprint density at radius 1 is 0.968 bits per heavy atom. The second-order valence-electron chi connectivity index (χ2n) is 6.79. The van der Waals surface area contributed by atoms with Crippen molar-refractivity contribution >= 4 is 32.5 Å². The summed E-state index contributed by atoms with van der Waals surface area (Å²) in [6, 6.07) is 9.55. The van der Waals surface area contributed by atoms with E-state index in [1.54, 1.807) is 0 Å². The van der Waals surface area contributed by atoms with E-state index in [2.05, 4.69) is 5.10 Å². The molecule has 0 aliphatic carbocycles. The molecule has 0 unspecified atom stereocenters. The largest absolute Gasteiger partial charge is 0.280 e. The Kier molecular flexibility index (Phi) is 5.16.